The highest BCUT2D eigenvalue weighted by Gasteiger charge is 2.37. The maximum Gasteiger partial charge on any atom is 0.0502 e. The lowest BCUT2D eigenvalue weighted by atomic mass is 9.63. The molecule has 0 atom stereocenters. The summed E-state index contributed by atoms with van der Waals surface area (Å²) in [5.74, 6) is 0. The van der Waals surface area contributed by atoms with Crippen molar-refractivity contribution in [1.82, 2.24) is 9.55 Å². The van der Waals surface area contributed by atoms with Gasteiger partial charge >= 0.3 is 0 Å². The first kappa shape index (κ1) is 20.8. The first-order chi connectivity index (χ1) is 16.8. The van der Waals surface area contributed by atoms with Gasteiger partial charge in [-0.3, -0.25) is 0 Å². The maximum atomic E-state index is 3.80. The lowest BCUT2D eigenvalue weighted by Crippen LogP contribution is -2.33. The van der Waals surface area contributed by atoms with Crippen molar-refractivity contribution in [3.05, 3.63) is 95.6 Å². The molecule has 0 unspecified atom stereocenters. The van der Waals surface area contributed by atoms with Crippen molar-refractivity contribution in [2.45, 2.75) is 57.9 Å². The van der Waals surface area contributed by atoms with Crippen LogP contribution in [0.4, 0.5) is 0 Å². The molecule has 6 aromatic rings. The maximum absolute atomic E-state index is 3.80. The minimum absolute atomic E-state index is 0.192. The number of benzene rings is 4. The highest BCUT2D eigenvalue weighted by Crippen LogP contribution is 2.48. The average molecular weight is 457 g/mol. The number of hydrogen-bond acceptors (Lipinski definition) is 0. The summed E-state index contributed by atoms with van der Waals surface area (Å²) in [7, 11) is 0. The molecule has 1 aliphatic rings. The summed E-state index contributed by atoms with van der Waals surface area (Å²) in [4.78, 5) is 3.80. The predicted octanol–water partition coefficient (Wildman–Crippen LogP) is 8.83. The standard InChI is InChI=1S/C33H32N2/c1-32(2)16-17-33(3,4)25-19-27-23(18-24(25)32)30-26(34-27)14-15-29-31(30)22-12-8-9-13-28(22)35(29)20-21-10-6-5-7-11-21/h5-15,18-19,34H,16-17,20H2,1-4H3. The number of para-hydroxylation sites is 1. The molecule has 174 valence electrons. The summed E-state index contributed by atoms with van der Waals surface area (Å²) in [5.41, 5.74) is 9.85. The molecule has 1 N–H and O–H groups in total. The van der Waals surface area contributed by atoms with Gasteiger partial charge in [-0.2, -0.15) is 0 Å². The van der Waals surface area contributed by atoms with Crippen molar-refractivity contribution in [2.24, 2.45) is 0 Å². The number of aromatic amines is 1. The fraction of sp³-hybridized carbons (Fsp3) is 0.273. The van der Waals surface area contributed by atoms with Gasteiger partial charge in [-0.1, -0.05) is 76.2 Å². The third-order valence-electron chi connectivity index (χ3n) is 8.65. The van der Waals surface area contributed by atoms with Crippen LogP contribution < -0.4 is 0 Å². The number of H-pyrrole nitrogens is 1. The number of nitrogens with one attached hydrogen (secondary N) is 1. The zero-order valence-electron chi connectivity index (χ0n) is 21.1. The van der Waals surface area contributed by atoms with E-state index in [1.807, 2.05) is 0 Å². The van der Waals surface area contributed by atoms with Crippen LogP contribution in [0, 0.1) is 0 Å². The third kappa shape index (κ3) is 2.95. The van der Waals surface area contributed by atoms with Crippen LogP contribution in [0.5, 0.6) is 0 Å². The van der Waals surface area contributed by atoms with E-state index < -0.39 is 0 Å². The first-order valence-electron chi connectivity index (χ1n) is 12.9. The Morgan fingerprint density at radius 3 is 2.11 bits per heavy atom. The van der Waals surface area contributed by atoms with E-state index in [4.69, 9.17) is 0 Å². The first-order valence-corrected chi connectivity index (χ1v) is 12.9. The van der Waals surface area contributed by atoms with Crippen LogP contribution in [0.1, 0.15) is 57.2 Å². The molecule has 0 amide bonds. The van der Waals surface area contributed by atoms with Crippen LogP contribution in [0.25, 0.3) is 43.6 Å². The van der Waals surface area contributed by atoms with E-state index in [-0.39, 0.29) is 10.8 Å². The smallest absolute Gasteiger partial charge is 0.0502 e. The third-order valence-corrected chi connectivity index (χ3v) is 8.65. The summed E-state index contributed by atoms with van der Waals surface area (Å²) in [6, 6.07) is 29.3. The normalized spacial score (nSPS) is 16.9. The molecule has 2 nitrogen and oxygen atoms in total. The molecule has 4 aromatic carbocycles. The lowest BCUT2D eigenvalue weighted by molar-refractivity contribution is 0.332. The Balaban J connectivity index is 1.59. The van der Waals surface area contributed by atoms with Gasteiger partial charge in [-0.05, 0) is 70.7 Å². The SMILES string of the molecule is CC1(C)CCC(C)(C)c2cc3c(cc21)[nH]c1ccc2c(c4ccccc4n2Cc2ccccc2)c13. The van der Waals surface area contributed by atoms with Crippen LogP contribution in [0.3, 0.4) is 0 Å². The second kappa shape index (κ2) is 7.01. The molecule has 7 rings (SSSR count). The quantitative estimate of drug-likeness (QED) is 0.269. The molecule has 0 radical (unpaired) electrons. The van der Waals surface area contributed by atoms with Crippen LogP contribution in [-0.2, 0) is 17.4 Å². The molecule has 0 fully saturated rings. The second-order valence-corrected chi connectivity index (χ2v) is 11.8. The molecule has 2 heterocycles. The fourth-order valence-electron chi connectivity index (χ4n) is 6.53. The van der Waals surface area contributed by atoms with Crippen molar-refractivity contribution in [2.75, 3.05) is 0 Å². The van der Waals surface area contributed by atoms with E-state index in [2.05, 4.69) is 116 Å². The minimum atomic E-state index is 0.192. The fourth-order valence-corrected chi connectivity index (χ4v) is 6.53. The van der Waals surface area contributed by atoms with Gasteiger partial charge in [0.1, 0.15) is 0 Å². The molecule has 2 heteroatoms. The Bertz CT molecular complexity index is 1760. The molecule has 35 heavy (non-hydrogen) atoms. The largest absolute Gasteiger partial charge is 0.354 e. The number of rotatable bonds is 2. The van der Waals surface area contributed by atoms with Crippen LogP contribution in [0.2, 0.25) is 0 Å². The molecular weight excluding hydrogens is 424 g/mol. The van der Waals surface area contributed by atoms with Gasteiger partial charge in [0.2, 0.25) is 0 Å². The average Bonchev–Trinajstić information content (AvgIpc) is 3.37. The highest BCUT2D eigenvalue weighted by atomic mass is 15.0. The topological polar surface area (TPSA) is 20.7 Å². The molecule has 0 aliphatic heterocycles. The van der Waals surface area contributed by atoms with Gasteiger partial charge in [0.15, 0.2) is 0 Å². The van der Waals surface area contributed by atoms with Crippen LogP contribution >= 0.6 is 0 Å². The van der Waals surface area contributed by atoms with E-state index in [1.54, 1.807) is 0 Å². The molecule has 0 saturated carbocycles. The number of hydrogen-bond donors (Lipinski definition) is 1. The monoisotopic (exact) mass is 456 g/mol. The van der Waals surface area contributed by atoms with E-state index in [9.17, 15) is 0 Å². The van der Waals surface area contributed by atoms with Crippen molar-refractivity contribution in [3.8, 4) is 0 Å². The van der Waals surface area contributed by atoms with E-state index >= 15 is 0 Å². The van der Waals surface area contributed by atoms with Crippen molar-refractivity contribution in [3.63, 3.8) is 0 Å². The lowest BCUT2D eigenvalue weighted by Gasteiger charge is -2.41. The number of nitrogens with zero attached hydrogens (tertiary/aromatic N) is 1. The Morgan fingerprint density at radius 1 is 0.657 bits per heavy atom. The van der Waals surface area contributed by atoms with Gasteiger partial charge in [0.05, 0.1) is 5.52 Å². The van der Waals surface area contributed by atoms with Crippen LogP contribution in [0.15, 0.2) is 78.9 Å². The molecule has 0 bridgehead atoms. The summed E-state index contributed by atoms with van der Waals surface area (Å²) in [5, 5.41) is 5.43. The van der Waals surface area contributed by atoms with E-state index in [1.165, 1.54) is 73.1 Å². The second-order valence-electron chi connectivity index (χ2n) is 11.8. The summed E-state index contributed by atoms with van der Waals surface area (Å²) < 4.78 is 2.49. The summed E-state index contributed by atoms with van der Waals surface area (Å²) >= 11 is 0. The van der Waals surface area contributed by atoms with Gasteiger partial charge in [-0.25, -0.2) is 0 Å². The molecule has 0 saturated heterocycles. The molecular formula is C33H32N2. The van der Waals surface area contributed by atoms with Gasteiger partial charge in [0.25, 0.3) is 0 Å². The van der Waals surface area contributed by atoms with Crippen molar-refractivity contribution >= 4 is 43.6 Å². The van der Waals surface area contributed by atoms with E-state index in [0.717, 1.165) is 6.54 Å². The van der Waals surface area contributed by atoms with Crippen molar-refractivity contribution < 1.29 is 0 Å². The van der Waals surface area contributed by atoms with Gasteiger partial charge in [-0.15, -0.1) is 0 Å². The van der Waals surface area contributed by atoms with Crippen molar-refractivity contribution in [1.29, 1.82) is 0 Å². The Hall–Kier alpha value is -3.52. The molecule has 0 spiro atoms. The van der Waals surface area contributed by atoms with E-state index in [0.29, 0.717) is 0 Å². The Labute approximate surface area is 206 Å². The minimum Gasteiger partial charge on any atom is -0.354 e. The molecule has 1 aliphatic carbocycles. The Kier molecular flexibility index (Phi) is 4.17. The highest BCUT2D eigenvalue weighted by molar-refractivity contribution is 6.28. The number of aromatic nitrogens is 2. The zero-order valence-corrected chi connectivity index (χ0v) is 21.1. The van der Waals surface area contributed by atoms with Gasteiger partial charge < -0.3 is 9.55 Å². The predicted molar refractivity (Wildman–Crippen MR) is 150 cm³/mol. The Morgan fingerprint density at radius 2 is 1.34 bits per heavy atom. The number of fused-ring (bicyclic) bond motifs is 8. The van der Waals surface area contributed by atoms with Gasteiger partial charge in [0, 0.05) is 44.6 Å². The zero-order chi connectivity index (χ0) is 23.9. The summed E-state index contributed by atoms with van der Waals surface area (Å²) in [6.07, 6.45) is 2.46. The molecule has 2 aromatic heterocycles. The summed E-state index contributed by atoms with van der Waals surface area (Å²) in [6.45, 7) is 10.5. The van der Waals surface area contributed by atoms with Crippen LogP contribution in [-0.4, -0.2) is 9.55 Å².